The third-order valence-electron chi connectivity index (χ3n) is 4.53. The number of hydrogen-bond donors (Lipinski definition) is 1. The van der Waals surface area contributed by atoms with Crippen LogP contribution in [0.5, 0.6) is 5.75 Å². The van der Waals surface area contributed by atoms with Gasteiger partial charge in [-0.15, -0.1) is 0 Å². The topological polar surface area (TPSA) is 68.5 Å². The lowest BCUT2D eigenvalue weighted by atomic mass is 10.1. The van der Waals surface area contributed by atoms with E-state index in [2.05, 4.69) is 4.74 Å². The zero-order chi connectivity index (χ0) is 20.6. The third-order valence-corrected chi connectivity index (χ3v) is 4.53. The van der Waals surface area contributed by atoms with Crippen LogP contribution >= 0.6 is 0 Å². The van der Waals surface area contributed by atoms with Gasteiger partial charge in [0.2, 0.25) is 0 Å². The van der Waals surface area contributed by atoms with Gasteiger partial charge in [0, 0.05) is 16.6 Å². The molecule has 28 heavy (non-hydrogen) atoms. The number of phenols is 1. The van der Waals surface area contributed by atoms with Crippen LogP contribution in [0.3, 0.4) is 0 Å². The van der Waals surface area contributed by atoms with Gasteiger partial charge in [-0.2, -0.15) is 13.2 Å². The zero-order valence-electron chi connectivity index (χ0n) is 15.0. The molecule has 0 saturated heterocycles. The lowest BCUT2D eigenvalue weighted by molar-refractivity contribution is -0.140. The van der Waals surface area contributed by atoms with E-state index in [4.69, 9.17) is 0 Å². The van der Waals surface area contributed by atoms with Crippen molar-refractivity contribution >= 4 is 22.8 Å². The molecule has 8 heteroatoms. The number of aromatic hydroxyl groups is 1. The highest BCUT2D eigenvalue weighted by molar-refractivity contribution is 6.05. The number of ether oxygens (including phenoxy) is 1. The van der Waals surface area contributed by atoms with Crippen LogP contribution in [0.25, 0.3) is 10.9 Å². The number of aromatic nitrogens is 1. The van der Waals surface area contributed by atoms with Crippen molar-refractivity contribution in [3.8, 4) is 5.75 Å². The molecule has 1 heterocycles. The third kappa shape index (κ3) is 3.45. The highest BCUT2D eigenvalue weighted by atomic mass is 19.4. The van der Waals surface area contributed by atoms with Gasteiger partial charge in [-0.3, -0.25) is 14.2 Å². The summed E-state index contributed by atoms with van der Waals surface area (Å²) in [5.41, 5.74) is 0.577. The number of carbonyl (C=O) groups excluding carboxylic acids is 2. The minimum atomic E-state index is -4.50. The Bertz CT molecular complexity index is 1070. The number of rotatable bonds is 3. The maximum Gasteiger partial charge on any atom is 0.416 e. The standard InChI is InChI=1S/C20H16F3NO4/c1-11-15(10-18(26)28-2)16-9-14(25)7-8-17(16)24(11)19(27)12-3-5-13(6-4-12)20(21,22)23/h3-9,25H,10H2,1-2H3. The fraction of sp³-hybridized carbons (Fsp3) is 0.200. The molecule has 5 nitrogen and oxygen atoms in total. The molecule has 0 bridgehead atoms. The summed E-state index contributed by atoms with van der Waals surface area (Å²) in [5.74, 6) is -1.11. The summed E-state index contributed by atoms with van der Waals surface area (Å²) in [7, 11) is 1.24. The van der Waals surface area contributed by atoms with Crippen LogP contribution in [0.1, 0.15) is 27.2 Å². The van der Waals surface area contributed by atoms with Gasteiger partial charge in [0.15, 0.2) is 0 Å². The minimum absolute atomic E-state index is 0.0438. The van der Waals surface area contributed by atoms with Gasteiger partial charge in [-0.1, -0.05) is 0 Å². The van der Waals surface area contributed by atoms with Crippen molar-refractivity contribution in [3.05, 3.63) is 64.8 Å². The predicted octanol–water partition coefficient (Wildman–Crippen LogP) is 4.08. The molecule has 0 radical (unpaired) electrons. The molecular formula is C20H16F3NO4. The molecule has 0 unspecified atom stereocenters. The van der Waals surface area contributed by atoms with Crippen molar-refractivity contribution < 1.29 is 32.6 Å². The molecule has 0 aliphatic carbocycles. The molecule has 0 atom stereocenters. The molecule has 0 aliphatic rings. The van der Waals surface area contributed by atoms with Gasteiger partial charge < -0.3 is 9.84 Å². The first-order chi connectivity index (χ1) is 13.1. The second kappa shape index (κ2) is 7.03. The van der Waals surface area contributed by atoms with Crippen LogP contribution in [0.2, 0.25) is 0 Å². The van der Waals surface area contributed by atoms with Gasteiger partial charge in [0.25, 0.3) is 5.91 Å². The van der Waals surface area contributed by atoms with Crippen LogP contribution in [-0.4, -0.2) is 28.7 Å². The summed E-state index contributed by atoms with van der Waals surface area (Å²) >= 11 is 0. The second-order valence-corrected chi connectivity index (χ2v) is 6.23. The van der Waals surface area contributed by atoms with Crippen molar-refractivity contribution in [3.63, 3.8) is 0 Å². The number of nitrogens with zero attached hydrogens (tertiary/aromatic N) is 1. The highest BCUT2D eigenvalue weighted by Gasteiger charge is 2.30. The Morgan fingerprint density at radius 2 is 1.75 bits per heavy atom. The first-order valence-corrected chi connectivity index (χ1v) is 8.25. The molecule has 2 aromatic carbocycles. The van der Waals surface area contributed by atoms with Crippen LogP contribution in [0.4, 0.5) is 13.2 Å². The quantitative estimate of drug-likeness (QED) is 0.684. The smallest absolute Gasteiger partial charge is 0.416 e. The maximum absolute atomic E-state index is 13.0. The Hall–Kier alpha value is -3.29. The normalized spacial score (nSPS) is 11.6. The Balaban J connectivity index is 2.13. The molecule has 1 aromatic heterocycles. The van der Waals surface area contributed by atoms with Crippen molar-refractivity contribution in [2.24, 2.45) is 0 Å². The largest absolute Gasteiger partial charge is 0.508 e. The average Bonchev–Trinajstić information content (AvgIpc) is 2.91. The van der Waals surface area contributed by atoms with Gasteiger partial charge in [0.1, 0.15) is 5.75 Å². The van der Waals surface area contributed by atoms with E-state index in [1.807, 2.05) is 0 Å². The van der Waals surface area contributed by atoms with Crippen LogP contribution in [0.15, 0.2) is 42.5 Å². The van der Waals surface area contributed by atoms with Crippen LogP contribution in [-0.2, 0) is 22.1 Å². The van der Waals surface area contributed by atoms with Crippen LogP contribution in [0, 0.1) is 6.92 Å². The summed E-state index contributed by atoms with van der Waals surface area (Å²) < 4.78 is 44.3. The number of hydrogen-bond acceptors (Lipinski definition) is 4. The van der Waals surface area contributed by atoms with E-state index in [-0.39, 0.29) is 17.7 Å². The van der Waals surface area contributed by atoms with E-state index in [0.717, 1.165) is 24.3 Å². The lowest BCUT2D eigenvalue weighted by Crippen LogP contribution is -2.15. The Morgan fingerprint density at radius 1 is 1.11 bits per heavy atom. The average molecular weight is 391 g/mol. The lowest BCUT2D eigenvalue weighted by Gasteiger charge is -2.10. The number of halogens is 3. The fourth-order valence-electron chi connectivity index (χ4n) is 3.10. The van der Waals surface area contributed by atoms with Crippen LogP contribution < -0.4 is 0 Å². The molecule has 0 saturated carbocycles. The van der Waals surface area contributed by atoms with Crippen molar-refractivity contribution in [1.82, 2.24) is 4.57 Å². The second-order valence-electron chi connectivity index (χ2n) is 6.23. The maximum atomic E-state index is 13.0. The Morgan fingerprint density at radius 3 is 2.32 bits per heavy atom. The number of methoxy groups -OCH3 is 1. The summed E-state index contributed by atoms with van der Waals surface area (Å²) in [6.07, 6.45) is -4.61. The molecule has 1 N–H and O–H groups in total. The van der Waals surface area contributed by atoms with Crippen molar-refractivity contribution in [2.45, 2.75) is 19.5 Å². The van der Waals surface area contributed by atoms with E-state index in [1.54, 1.807) is 6.92 Å². The Labute approximate surface area is 158 Å². The molecule has 146 valence electrons. The SMILES string of the molecule is COC(=O)Cc1c(C)n(C(=O)c2ccc(C(F)(F)F)cc2)c2ccc(O)cc12. The molecule has 0 spiro atoms. The molecule has 3 aromatic rings. The summed E-state index contributed by atoms with van der Waals surface area (Å²) in [5, 5.41) is 10.3. The fourth-order valence-corrected chi connectivity index (χ4v) is 3.10. The predicted molar refractivity (Wildman–Crippen MR) is 95.2 cm³/mol. The number of benzene rings is 2. The Kier molecular flexibility index (Phi) is 4.89. The number of alkyl halides is 3. The minimum Gasteiger partial charge on any atom is -0.508 e. The van der Waals surface area contributed by atoms with E-state index in [9.17, 15) is 27.9 Å². The zero-order valence-corrected chi connectivity index (χ0v) is 15.0. The van der Waals surface area contributed by atoms with Gasteiger partial charge in [0.05, 0.1) is 24.6 Å². The molecular weight excluding hydrogens is 375 g/mol. The summed E-state index contributed by atoms with van der Waals surface area (Å²) in [4.78, 5) is 24.8. The number of esters is 1. The van der Waals surface area contributed by atoms with Crippen molar-refractivity contribution in [1.29, 1.82) is 0 Å². The first-order valence-electron chi connectivity index (χ1n) is 8.25. The van der Waals surface area contributed by atoms with E-state index in [0.29, 0.717) is 22.2 Å². The van der Waals surface area contributed by atoms with Gasteiger partial charge >= 0.3 is 12.1 Å². The van der Waals surface area contributed by atoms with Crippen molar-refractivity contribution in [2.75, 3.05) is 7.11 Å². The summed E-state index contributed by atoms with van der Waals surface area (Å²) in [6, 6.07) is 8.23. The monoisotopic (exact) mass is 391 g/mol. The number of fused-ring (bicyclic) bond motifs is 1. The van der Waals surface area contributed by atoms with Gasteiger partial charge in [-0.25, -0.2) is 0 Å². The van der Waals surface area contributed by atoms with E-state index < -0.39 is 23.6 Å². The number of carbonyl (C=O) groups is 2. The highest BCUT2D eigenvalue weighted by Crippen LogP contribution is 2.32. The molecule has 0 amide bonds. The molecule has 3 rings (SSSR count). The molecule has 0 fully saturated rings. The number of phenolic OH excluding ortho intramolecular Hbond substituents is 1. The first kappa shape index (κ1) is 19.5. The van der Waals surface area contributed by atoms with E-state index in [1.165, 1.54) is 29.9 Å². The molecule has 0 aliphatic heterocycles. The summed E-state index contributed by atoms with van der Waals surface area (Å²) in [6.45, 7) is 1.62. The van der Waals surface area contributed by atoms with E-state index >= 15 is 0 Å². The van der Waals surface area contributed by atoms with Gasteiger partial charge in [-0.05, 0) is 55.0 Å².